The first kappa shape index (κ1) is 11.1. The topological polar surface area (TPSA) is 18.5 Å². The molecule has 86 valence electrons. The standard InChI is InChI=1S/C14H18O2/c1-4-15-12-8-9-13(16-5-2)14-10(3)6-7-11(12)14/h8-9H,3-7H2,1-2H3. The van der Waals surface area contributed by atoms with E-state index < -0.39 is 0 Å². The molecule has 0 heterocycles. The normalized spacial score (nSPS) is 13.8. The van der Waals surface area contributed by atoms with Gasteiger partial charge >= 0.3 is 0 Å². The molecular formula is C14H18O2. The number of rotatable bonds is 4. The zero-order valence-corrected chi connectivity index (χ0v) is 10.0. The summed E-state index contributed by atoms with van der Waals surface area (Å²) in [6.45, 7) is 9.50. The highest BCUT2D eigenvalue weighted by molar-refractivity contribution is 5.77. The third-order valence-corrected chi connectivity index (χ3v) is 2.86. The number of fused-ring (bicyclic) bond motifs is 1. The molecule has 0 spiro atoms. The van der Waals surface area contributed by atoms with Crippen LogP contribution in [0.3, 0.4) is 0 Å². The Morgan fingerprint density at radius 3 is 2.38 bits per heavy atom. The second kappa shape index (κ2) is 4.60. The molecule has 0 radical (unpaired) electrons. The van der Waals surface area contributed by atoms with Gasteiger partial charge in [0.25, 0.3) is 0 Å². The molecule has 0 aromatic heterocycles. The monoisotopic (exact) mass is 218 g/mol. The van der Waals surface area contributed by atoms with E-state index in [-0.39, 0.29) is 0 Å². The van der Waals surface area contributed by atoms with Crippen LogP contribution in [0.15, 0.2) is 18.7 Å². The lowest BCUT2D eigenvalue weighted by molar-refractivity contribution is 0.328. The van der Waals surface area contributed by atoms with E-state index in [0.717, 1.165) is 24.3 Å². The van der Waals surface area contributed by atoms with Gasteiger partial charge in [0.05, 0.1) is 13.2 Å². The van der Waals surface area contributed by atoms with Gasteiger partial charge < -0.3 is 9.47 Å². The van der Waals surface area contributed by atoms with Crippen molar-refractivity contribution in [2.75, 3.05) is 13.2 Å². The number of allylic oxidation sites excluding steroid dienone is 1. The lowest BCUT2D eigenvalue weighted by Gasteiger charge is -2.13. The van der Waals surface area contributed by atoms with Crippen LogP contribution in [0.1, 0.15) is 31.4 Å². The van der Waals surface area contributed by atoms with Crippen molar-refractivity contribution in [2.24, 2.45) is 0 Å². The van der Waals surface area contributed by atoms with E-state index in [0.29, 0.717) is 13.2 Å². The van der Waals surface area contributed by atoms with Gasteiger partial charge in [0.2, 0.25) is 0 Å². The molecule has 0 N–H and O–H groups in total. The van der Waals surface area contributed by atoms with E-state index in [1.807, 2.05) is 26.0 Å². The zero-order valence-electron chi connectivity index (χ0n) is 10.0. The molecule has 2 heteroatoms. The van der Waals surface area contributed by atoms with E-state index in [2.05, 4.69) is 6.58 Å². The second-order valence-corrected chi connectivity index (χ2v) is 3.88. The zero-order chi connectivity index (χ0) is 11.5. The third-order valence-electron chi connectivity index (χ3n) is 2.86. The van der Waals surface area contributed by atoms with Crippen LogP contribution in [0, 0.1) is 0 Å². The second-order valence-electron chi connectivity index (χ2n) is 3.88. The summed E-state index contributed by atoms with van der Waals surface area (Å²) >= 11 is 0. The Morgan fingerprint density at radius 2 is 1.69 bits per heavy atom. The minimum atomic E-state index is 0.688. The average Bonchev–Trinajstić information content (AvgIpc) is 2.66. The largest absolute Gasteiger partial charge is 0.494 e. The van der Waals surface area contributed by atoms with Crippen LogP contribution in [-0.2, 0) is 6.42 Å². The number of hydrogen-bond acceptors (Lipinski definition) is 2. The summed E-state index contributed by atoms with van der Waals surface area (Å²) in [5.41, 5.74) is 3.60. The fraction of sp³-hybridized carbons (Fsp3) is 0.429. The summed E-state index contributed by atoms with van der Waals surface area (Å²) < 4.78 is 11.3. The molecule has 0 bridgehead atoms. The van der Waals surface area contributed by atoms with Crippen molar-refractivity contribution in [3.8, 4) is 11.5 Å². The summed E-state index contributed by atoms with van der Waals surface area (Å²) in [5, 5.41) is 0. The molecule has 0 saturated carbocycles. The van der Waals surface area contributed by atoms with Gasteiger partial charge in [-0.1, -0.05) is 6.58 Å². The van der Waals surface area contributed by atoms with Crippen LogP contribution in [0.25, 0.3) is 5.57 Å². The molecule has 1 aliphatic rings. The minimum Gasteiger partial charge on any atom is -0.494 e. The molecule has 2 nitrogen and oxygen atoms in total. The highest BCUT2D eigenvalue weighted by Crippen LogP contribution is 2.42. The molecule has 0 unspecified atom stereocenters. The predicted molar refractivity (Wildman–Crippen MR) is 66.1 cm³/mol. The molecule has 0 saturated heterocycles. The van der Waals surface area contributed by atoms with Crippen molar-refractivity contribution < 1.29 is 9.47 Å². The van der Waals surface area contributed by atoms with Crippen molar-refractivity contribution in [1.82, 2.24) is 0 Å². The molecule has 1 aromatic carbocycles. The van der Waals surface area contributed by atoms with Crippen LogP contribution >= 0.6 is 0 Å². The van der Waals surface area contributed by atoms with Gasteiger partial charge in [-0.3, -0.25) is 0 Å². The van der Waals surface area contributed by atoms with E-state index >= 15 is 0 Å². The molecule has 0 fully saturated rings. The Bertz CT molecular complexity index is 407. The first-order chi connectivity index (χ1) is 7.77. The molecule has 0 aliphatic heterocycles. The fourth-order valence-corrected chi connectivity index (χ4v) is 2.21. The predicted octanol–water partition coefficient (Wildman–Crippen LogP) is 3.44. The Hall–Kier alpha value is -1.44. The maximum atomic E-state index is 5.64. The Morgan fingerprint density at radius 1 is 1.06 bits per heavy atom. The lowest BCUT2D eigenvalue weighted by atomic mass is 10.1. The maximum Gasteiger partial charge on any atom is 0.127 e. The van der Waals surface area contributed by atoms with Crippen molar-refractivity contribution in [3.63, 3.8) is 0 Å². The Labute approximate surface area is 96.9 Å². The number of hydrogen-bond donors (Lipinski definition) is 0. The first-order valence-electron chi connectivity index (χ1n) is 5.87. The van der Waals surface area contributed by atoms with Gasteiger partial charge in [0.1, 0.15) is 11.5 Å². The van der Waals surface area contributed by atoms with Gasteiger partial charge in [0.15, 0.2) is 0 Å². The van der Waals surface area contributed by atoms with Crippen LogP contribution in [-0.4, -0.2) is 13.2 Å². The number of ether oxygens (including phenoxy) is 2. The lowest BCUT2D eigenvalue weighted by Crippen LogP contribution is -1.99. The molecular weight excluding hydrogens is 200 g/mol. The fourth-order valence-electron chi connectivity index (χ4n) is 2.21. The van der Waals surface area contributed by atoms with Crippen molar-refractivity contribution in [2.45, 2.75) is 26.7 Å². The SMILES string of the molecule is C=C1CCc2c(OCC)ccc(OCC)c21. The number of benzene rings is 1. The quantitative estimate of drug-likeness (QED) is 0.770. The Balaban J connectivity index is 2.46. The molecule has 16 heavy (non-hydrogen) atoms. The van der Waals surface area contributed by atoms with Crippen molar-refractivity contribution >= 4 is 5.57 Å². The van der Waals surface area contributed by atoms with E-state index in [4.69, 9.17) is 9.47 Å². The molecule has 0 atom stereocenters. The van der Waals surface area contributed by atoms with E-state index in [9.17, 15) is 0 Å². The van der Waals surface area contributed by atoms with Crippen LogP contribution in [0.2, 0.25) is 0 Å². The summed E-state index contributed by atoms with van der Waals surface area (Å²) in [6.07, 6.45) is 2.03. The molecule has 1 aromatic rings. The molecule has 2 rings (SSSR count). The van der Waals surface area contributed by atoms with Crippen LogP contribution < -0.4 is 9.47 Å². The molecule has 0 amide bonds. The van der Waals surface area contributed by atoms with E-state index in [1.165, 1.54) is 16.7 Å². The summed E-state index contributed by atoms with van der Waals surface area (Å²) in [5.74, 6) is 1.93. The Kier molecular flexibility index (Phi) is 3.18. The third kappa shape index (κ3) is 1.80. The van der Waals surface area contributed by atoms with Gasteiger partial charge in [-0.15, -0.1) is 0 Å². The van der Waals surface area contributed by atoms with Crippen molar-refractivity contribution in [3.05, 3.63) is 29.8 Å². The van der Waals surface area contributed by atoms with Gasteiger partial charge in [0, 0.05) is 11.1 Å². The summed E-state index contributed by atoms with van der Waals surface area (Å²) in [4.78, 5) is 0. The highest BCUT2D eigenvalue weighted by atomic mass is 16.5. The molecule has 1 aliphatic carbocycles. The average molecular weight is 218 g/mol. The minimum absolute atomic E-state index is 0.688. The van der Waals surface area contributed by atoms with Crippen LogP contribution in [0.4, 0.5) is 0 Å². The smallest absolute Gasteiger partial charge is 0.127 e. The van der Waals surface area contributed by atoms with E-state index in [1.54, 1.807) is 0 Å². The van der Waals surface area contributed by atoms with Gasteiger partial charge in [-0.05, 0) is 44.4 Å². The maximum absolute atomic E-state index is 5.64. The van der Waals surface area contributed by atoms with Crippen LogP contribution in [0.5, 0.6) is 11.5 Å². The van der Waals surface area contributed by atoms with Crippen molar-refractivity contribution in [1.29, 1.82) is 0 Å². The summed E-state index contributed by atoms with van der Waals surface area (Å²) in [7, 11) is 0. The first-order valence-corrected chi connectivity index (χ1v) is 5.87. The summed E-state index contributed by atoms with van der Waals surface area (Å²) in [6, 6.07) is 4.00. The van der Waals surface area contributed by atoms with Gasteiger partial charge in [-0.2, -0.15) is 0 Å². The van der Waals surface area contributed by atoms with Gasteiger partial charge in [-0.25, -0.2) is 0 Å². The highest BCUT2D eigenvalue weighted by Gasteiger charge is 2.23.